The van der Waals surface area contributed by atoms with Crippen molar-refractivity contribution in [2.75, 3.05) is 18.6 Å². The number of carbonyl (C=O) groups is 2. The molecule has 6 heteroatoms. The number of hydrogen-bond donors (Lipinski definition) is 0. The average Bonchev–Trinajstić information content (AvgIpc) is 2.66. The molecule has 0 saturated heterocycles. The number of ether oxygens (including phenoxy) is 1. The molecule has 0 spiro atoms. The molecule has 0 atom stereocenters. The molecule has 108 valence electrons. The van der Waals surface area contributed by atoms with E-state index >= 15 is 0 Å². The average molecular weight is 283 g/mol. The first-order valence-corrected chi connectivity index (χ1v) is 6.18. The summed E-state index contributed by atoms with van der Waals surface area (Å²) in [5.74, 6) is -3.58. The maximum atomic E-state index is 13.8. The number of amides is 1. The molecule has 4 nitrogen and oxygen atoms in total. The van der Waals surface area contributed by atoms with E-state index in [1.165, 1.54) is 7.11 Å². The van der Waals surface area contributed by atoms with E-state index in [-0.39, 0.29) is 12.2 Å². The van der Waals surface area contributed by atoms with Crippen LogP contribution in [-0.4, -0.2) is 30.9 Å². The maximum absolute atomic E-state index is 13.8. The highest BCUT2D eigenvalue weighted by molar-refractivity contribution is 6.52. The Bertz CT molecular complexity index is 584. The molecule has 2 rings (SSSR count). The Balaban J connectivity index is 2.36. The zero-order valence-electron chi connectivity index (χ0n) is 11.5. The molecule has 1 heterocycles. The Morgan fingerprint density at radius 3 is 2.40 bits per heavy atom. The number of Topliss-reactive ketones (excluding diaryl/α,β-unsaturated/α-hetero) is 1. The first-order chi connectivity index (χ1) is 9.28. The standard InChI is InChI=1S/C14H15F2NO3/c1-14(2,20-3)6-7-17-11-9(16)5-4-8(15)10(11)12(18)13(17)19/h4-5H,6-7H2,1-3H3. The molecular weight excluding hydrogens is 268 g/mol. The van der Waals surface area contributed by atoms with Gasteiger partial charge in [-0.15, -0.1) is 0 Å². The van der Waals surface area contributed by atoms with Gasteiger partial charge in [0.2, 0.25) is 0 Å². The number of nitrogens with zero attached hydrogens (tertiary/aromatic N) is 1. The molecule has 0 saturated carbocycles. The van der Waals surface area contributed by atoms with Crippen molar-refractivity contribution in [3.05, 3.63) is 29.3 Å². The van der Waals surface area contributed by atoms with Gasteiger partial charge in [0.05, 0.1) is 16.9 Å². The first-order valence-electron chi connectivity index (χ1n) is 6.18. The van der Waals surface area contributed by atoms with Gasteiger partial charge in [0.15, 0.2) is 0 Å². The number of ketones is 1. The smallest absolute Gasteiger partial charge is 0.299 e. The molecule has 20 heavy (non-hydrogen) atoms. The second-order valence-corrected chi connectivity index (χ2v) is 5.25. The highest BCUT2D eigenvalue weighted by Crippen LogP contribution is 2.34. The topological polar surface area (TPSA) is 46.6 Å². The first kappa shape index (κ1) is 14.6. The van der Waals surface area contributed by atoms with Crippen molar-refractivity contribution in [2.45, 2.75) is 25.9 Å². The third-order valence-electron chi connectivity index (χ3n) is 3.50. The van der Waals surface area contributed by atoms with Crippen LogP contribution in [0, 0.1) is 11.6 Å². The van der Waals surface area contributed by atoms with Gasteiger partial charge in [-0.2, -0.15) is 0 Å². The van der Waals surface area contributed by atoms with Crippen LogP contribution in [0.4, 0.5) is 14.5 Å². The molecule has 0 N–H and O–H groups in total. The maximum Gasteiger partial charge on any atom is 0.299 e. The number of hydrogen-bond acceptors (Lipinski definition) is 3. The van der Waals surface area contributed by atoms with E-state index in [4.69, 9.17) is 4.74 Å². The van der Waals surface area contributed by atoms with Crippen LogP contribution in [0.15, 0.2) is 12.1 Å². The number of methoxy groups -OCH3 is 1. The lowest BCUT2D eigenvalue weighted by Crippen LogP contribution is -2.36. The number of fused-ring (bicyclic) bond motifs is 1. The molecule has 0 aromatic heterocycles. The van der Waals surface area contributed by atoms with Crippen molar-refractivity contribution in [1.29, 1.82) is 0 Å². The van der Waals surface area contributed by atoms with Crippen molar-refractivity contribution in [2.24, 2.45) is 0 Å². The molecule has 1 aromatic rings. The molecular formula is C14H15F2NO3. The summed E-state index contributed by atoms with van der Waals surface area (Å²) in [4.78, 5) is 24.6. The number of anilines is 1. The van der Waals surface area contributed by atoms with E-state index in [1.54, 1.807) is 13.8 Å². The molecule has 1 amide bonds. The van der Waals surface area contributed by atoms with E-state index in [0.717, 1.165) is 17.0 Å². The monoisotopic (exact) mass is 283 g/mol. The highest BCUT2D eigenvalue weighted by Gasteiger charge is 2.40. The van der Waals surface area contributed by atoms with E-state index in [9.17, 15) is 18.4 Å². The quantitative estimate of drug-likeness (QED) is 0.797. The molecule has 1 aliphatic rings. The lowest BCUT2D eigenvalue weighted by atomic mass is 10.0. The summed E-state index contributed by atoms with van der Waals surface area (Å²) in [5.41, 5.74) is -1.28. The molecule has 0 radical (unpaired) electrons. The Labute approximate surface area is 115 Å². The second-order valence-electron chi connectivity index (χ2n) is 5.25. The molecule has 0 aliphatic carbocycles. The van der Waals surface area contributed by atoms with E-state index in [2.05, 4.69) is 0 Å². The molecule has 1 aromatic carbocycles. The van der Waals surface area contributed by atoms with E-state index in [1.807, 2.05) is 0 Å². The van der Waals surface area contributed by atoms with Crippen molar-refractivity contribution in [3.8, 4) is 0 Å². The van der Waals surface area contributed by atoms with Crippen molar-refractivity contribution >= 4 is 17.4 Å². The van der Waals surface area contributed by atoms with Crippen molar-refractivity contribution in [3.63, 3.8) is 0 Å². The van der Waals surface area contributed by atoms with E-state index in [0.29, 0.717) is 6.42 Å². The lowest BCUT2D eigenvalue weighted by Gasteiger charge is -2.26. The Morgan fingerprint density at radius 1 is 1.20 bits per heavy atom. The molecule has 0 unspecified atom stereocenters. The summed E-state index contributed by atoms with van der Waals surface area (Å²) in [6.45, 7) is 3.69. The van der Waals surface area contributed by atoms with Gasteiger partial charge in [-0.1, -0.05) is 0 Å². The Morgan fingerprint density at radius 2 is 1.80 bits per heavy atom. The zero-order valence-corrected chi connectivity index (χ0v) is 11.5. The number of benzene rings is 1. The van der Waals surface area contributed by atoms with E-state index < -0.39 is 34.5 Å². The minimum Gasteiger partial charge on any atom is -0.379 e. The van der Waals surface area contributed by atoms with Gasteiger partial charge in [-0.3, -0.25) is 9.59 Å². The summed E-state index contributed by atoms with van der Waals surface area (Å²) >= 11 is 0. The van der Waals surface area contributed by atoms with Crippen LogP contribution < -0.4 is 4.90 Å². The summed E-state index contributed by atoms with van der Waals surface area (Å²) in [7, 11) is 1.52. The SMILES string of the molecule is COC(C)(C)CCN1C(=O)C(=O)c2c(F)ccc(F)c21. The minimum atomic E-state index is -1.01. The van der Waals surface area contributed by atoms with Crippen LogP contribution in [0.25, 0.3) is 0 Å². The predicted molar refractivity (Wildman–Crippen MR) is 68.7 cm³/mol. The van der Waals surface area contributed by atoms with Gasteiger partial charge < -0.3 is 9.64 Å². The summed E-state index contributed by atoms with van der Waals surface area (Å²) in [6, 6.07) is 1.76. The number of halogens is 2. The van der Waals surface area contributed by atoms with Crippen LogP contribution in [-0.2, 0) is 9.53 Å². The van der Waals surface area contributed by atoms with Gasteiger partial charge in [0.1, 0.15) is 11.6 Å². The fraction of sp³-hybridized carbons (Fsp3) is 0.429. The third-order valence-corrected chi connectivity index (χ3v) is 3.50. The minimum absolute atomic E-state index is 0.0821. The van der Waals surface area contributed by atoms with Crippen molar-refractivity contribution < 1.29 is 23.1 Å². The van der Waals surface area contributed by atoms with Gasteiger partial charge in [0.25, 0.3) is 11.7 Å². The van der Waals surface area contributed by atoms with Crippen LogP contribution in [0.5, 0.6) is 0 Å². The van der Waals surface area contributed by atoms with Crippen LogP contribution in [0.3, 0.4) is 0 Å². The van der Waals surface area contributed by atoms with Gasteiger partial charge in [0, 0.05) is 13.7 Å². The van der Waals surface area contributed by atoms with Crippen molar-refractivity contribution in [1.82, 2.24) is 0 Å². The summed E-state index contributed by atoms with van der Waals surface area (Å²) in [6.07, 6.45) is 0.387. The Kier molecular flexibility index (Phi) is 3.60. The predicted octanol–water partition coefficient (Wildman–Crippen LogP) is 2.31. The summed E-state index contributed by atoms with van der Waals surface area (Å²) in [5, 5.41) is 0. The second kappa shape index (κ2) is 4.94. The fourth-order valence-corrected chi connectivity index (χ4v) is 2.05. The molecule has 0 fully saturated rings. The number of carbonyl (C=O) groups excluding carboxylic acids is 2. The largest absolute Gasteiger partial charge is 0.379 e. The van der Waals surface area contributed by atoms with Gasteiger partial charge in [-0.25, -0.2) is 8.78 Å². The zero-order chi connectivity index (χ0) is 15.1. The molecule has 0 bridgehead atoms. The van der Waals surface area contributed by atoms with Crippen LogP contribution in [0.2, 0.25) is 0 Å². The highest BCUT2D eigenvalue weighted by atomic mass is 19.1. The van der Waals surface area contributed by atoms with Crippen LogP contribution >= 0.6 is 0 Å². The normalized spacial score (nSPS) is 14.9. The lowest BCUT2D eigenvalue weighted by molar-refractivity contribution is -0.114. The van der Waals surface area contributed by atoms with Crippen LogP contribution in [0.1, 0.15) is 30.6 Å². The fourth-order valence-electron chi connectivity index (χ4n) is 2.05. The Hall–Kier alpha value is -1.82. The third kappa shape index (κ3) is 2.31. The molecule has 1 aliphatic heterocycles. The van der Waals surface area contributed by atoms with Gasteiger partial charge in [-0.05, 0) is 32.4 Å². The van der Waals surface area contributed by atoms with Gasteiger partial charge >= 0.3 is 0 Å². The summed E-state index contributed by atoms with van der Waals surface area (Å²) < 4.78 is 32.7. The number of rotatable bonds is 4.